The van der Waals surface area contributed by atoms with Crippen LogP contribution in [0.3, 0.4) is 0 Å². The molecular formula is C10H12BrFN2O. The van der Waals surface area contributed by atoms with Crippen molar-refractivity contribution in [2.24, 2.45) is 0 Å². The molecule has 0 aliphatic carbocycles. The summed E-state index contributed by atoms with van der Waals surface area (Å²) >= 11 is 3.04. The van der Waals surface area contributed by atoms with E-state index in [1.165, 1.54) is 12.1 Å². The van der Waals surface area contributed by atoms with Gasteiger partial charge < -0.3 is 15.3 Å². The van der Waals surface area contributed by atoms with Gasteiger partial charge in [0.25, 0.3) is 0 Å². The second kappa shape index (κ2) is 4.37. The van der Waals surface area contributed by atoms with Crippen molar-refractivity contribution in [3.8, 4) is 5.75 Å². The van der Waals surface area contributed by atoms with Crippen molar-refractivity contribution in [1.29, 1.82) is 0 Å². The van der Waals surface area contributed by atoms with E-state index in [1.54, 1.807) is 0 Å². The Kier molecular flexibility index (Phi) is 3.11. The highest BCUT2D eigenvalue weighted by molar-refractivity contribution is 9.10. The number of phenols is 1. The van der Waals surface area contributed by atoms with Gasteiger partial charge in [-0.05, 0) is 22.0 Å². The lowest BCUT2D eigenvalue weighted by molar-refractivity contribution is 0.467. The number of halogens is 2. The van der Waals surface area contributed by atoms with Gasteiger partial charge in [0, 0.05) is 32.2 Å². The average Bonchev–Trinajstić information content (AvgIpc) is 2.25. The van der Waals surface area contributed by atoms with Crippen LogP contribution in [0.5, 0.6) is 5.75 Å². The maximum atomic E-state index is 13.3. The van der Waals surface area contributed by atoms with E-state index >= 15 is 0 Å². The van der Waals surface area contributed by atoms with Crippen LogP contribution in [-0.4, -0.2) is 31.3 Å². The molecule has 0 spiro atoms. The van der Waals surface area contributed by atoms with Crippen LogP contribution < -0.4 is 10.2 Å². The number of rotatable bonds is 1. The lowest BCUT2D eigenvalue weighted by Gasteiger charge is -2.30. The van der Waals surface area contributed by atoms with Crippen LogP contribution in [0.15, 0.2) is 16.6 Å². The number of hydrogen-bond acceptors (Lipinski definition) is 3. The van der Waals surface area contributed by atoms with Crippen LogP contribution in [0.1, 0.15) is 0 Å². The zero-order chi connectivity index (χ0) is 10.8. The zero-order valence-electron chi connectivity index (χ0n) is 8.13. The van der Waals surface area contributed by atoms with Crippen LogP contribution in [-0.2, 0) is 0 Å². The summed E-state index contributed by atoms with van der Waals surface area (Å²) in [7, 11) is 0. The van der Waals surface area contributed by atoms with Crippen LogP contribution in [0.2, 0.25) is 0 Å². The highest BCUT2D eigenvalue weighted by atomic mass is 79.9. The van der Waals surface area contributed by atoms with Gasteiger partial charge in [0.2, 0.25) is 0 Å². The van der Waals surface area contributed by atoms with Crippen molar-refractivity contribution in [3.05, 3.63) is 22.4 Å². The first-order valence-corrected chi connectivity index (χ1v) is 5.61. The molecular weight excluding hydrogens is 263 g/mol. The predicted octanol–water partition coefficient (Wildman–Crippen LogP) is 1.70. The van der Waals surface area contributed by atoms with E-state index in [-0.39, 0.29) is 11.6 Å². The molecule has 1 aliphatic heterocycles. The van der Waals surface area contributed by atoms with Crippen molar-refractivity contribution in [2.75, 3.05) is 31.1 Å². The number of aromatic hydroxyl groups is 1. The van der Waals surface area contributed by atoms with Crippen molar-refractivity contribution >= 4 is 21.6 Å². The standard InChI is InChI=1S/C10H12BrFN2O/c11-7-5-10(15)9(6-8(7)12)14-3-1-13-2-4-14/h5-6,13,15H,1-4H2. The number of nitrogens with one attached hydrogen (secondary N) is 1. The quantitative estimate of drug-likeness (QED) is 0.819. The Balaban J connectivity index is 2.30. The molecule has 0 saturated carbocycles. The van der Waals surface area contributed by atoms with E-state index in [0.29, 0.717) is 10.2 Å². The molecule has 0 aromatic heterocycles. The minimum absolute atomic E-state index is 0.116. The van der Waals surface area contributed by atoms with Gasteiger partial charge >= 0.3 is 0 Å². The summed E-state index contributed by atoms with van der Waals surface area (Å²) in [5.41, 5.74) is 0.567. The molecule has 1 saturated heterocycles. The third-order valence-electron chi connectivity index (χ3n) is 2.48. The number of piperazine rings is 1. The number of nitrogens with zero attached hydrogens (tertiary/aromatic N) is 1. The fraction of sp³-hybridized carbons (Fsp3) is 0.400. The van der Waals surface area contributed by atoms with Gasteiger partial charge in [0.15, 0.2) is 0 Å². The van der Waals surface area contributed by atoms with Crippen molar-refractivity contribution in [3.63, 3.8) is 0 Å². The molecule has 1 aromatic carbocycles. The van der Waals surface area contributed by atoms with Crippen molar-refractivity contribution in [2.45, 2.75) is 0 Å². The highest BCUT2D eigenvalue weighted by Crippen LogP contribution is 2.32. The van der Waals surface area contributed by atoms with Crippen LogP contribution in [0.4, 0.5) is 10.1 Å². The molecule has 0 unspecified atom stereocenters. The number of benzene rings is 1. The van der Waals surface area contributed by atoms with E-state index in [4.69, 9.17) is 0 Å². The number of anilines is 1. The third kappa shape index (κ3) is 2.23. The molecule has 1 aromatic rings. The molecule has 2 N–H and O–H groups in total. The predicted molar refractivity (Wildman–Crippen MR) is 60.8 cm³/mol. The molecule has 1 heterocycles. The minimum atomic E-state index is -0.346. The summed E-state index contributed by atoms with van der Waals surface area (Å²) in [6.07, 6.45) is 0. The molecule has 0 bridgehead atoms. The molecule has 1 fully saturated rings. The summed E-state index contributed by atoms with van der Waals surface area (Å²) in [6.45, 7) is 3.29. The van der Waals surface area contributed by atoms with Crippen molar-refractivity contribution in [1.82, 2.24) is 5.32 Å². The Morgan fingerprint density at radius 3 is 2.67 bits per heavy atom. The molecule has 3 nitrogen and oxygen atoms in total. The van der Waals surface area contributed by atoms with Gasteiger partial charge in [0.1, 0.15) is 11.6 Å². The van der Waals surface area contributed by atoms with Crippen molar-refractivity contribution < 1.29 is 9.50 Å². The zero-order valence-corrected chi connectivity index (χ0v) is 9.72. The smallest absolute Gasteiger partial charge is 0.140 e. The van der Waals surface area contributed by atoms with E-state index in [0.717, 1.165) is 26.2 Å². The lowest BCUT2D eigenvalue weighted by Crippen LogP contribution is -2.43. The normalized spacial score (nSPS) is 16.8. The Labute approximate surface area is 96.0 Å². The fourth-order valence-electron chi connectivity index (χ4n) is 1.68. The van der Waals surface area contributed by atoms with Gasteiger partial charge in [-0.15, -0.1) is 0 Å². The third-order valence-corrected chi connectivity index (χ3v) is 3.08. The Hall–Kier alpha value is -0.810. The monoisotopic (exact) mass is 274 g/mol. The van der Waals surface area contributed by atoms with Gasteiger partial charge in [0.05, 0.1) is 10.2 Å². The van der Waals surface area contributed by atoms with Crippen LogP contribution in [0, 0.1) is 5.82 Å². The number of hydrogen-bond donors (Lipinski definition) is 2. The molecule has 15 heavy (non-hydrogen) atoms. The van der Waals surface area contributed by atoms with E-state index in [1.807, 2.05) is 4.90 Å². The molecule has 0 amide bonds. The number of phenolic OH excluding ortho intramolecular Hbond substituents is 1. The summed E-state index contributed by atoms with van der Waals surface area (Å²) in [5, 5.41) is 12.9. The summed E-state index contributed by atoms with van der Waals surface area (Å²) in [6, 6.07) is 2.76. The highest BCUT2D eigenvalue weighted by Gasteiger charge is 2.16. The molecule has 0 radical (unpaired) electrons. The summed E-state index contributed by atoms with van der Waals surface area (Å²) in [5.74, 6) is -0.230. The molecule has 1 aliphatic rings. The topological polar surface area (TPSA) is 35.5 Å². The first-order valence-electron chi connectivity index (χ1n) is 4.82. The average molecular weight is 275 g/mol. The first-order chi connectivity index (χ1) is 7.18. The Bertz CT molecular complexity index is 367. The summed E-state index contributed by atoms with van der Waals surface area (Å²) in [4.78, 5) is 1.97. The van der Waals surface area contributed by atoms with E-state index in [9.17, 15) is 9.50 Å². The lowest BCUT2D eigenvalue weighted by atomic mass is 10.2. The first kappa shape index (κ1) is 10.7. The SMILES string of the molecule is Oc1cc(Br)c(F)cc1N1CCNCC1. The second-order valence-electron chi connectivity index (χ2n) is 3.49. The van der Waals surface area contributed by atoms with E-state index in [2.05, 4.69) is 21.2 Å². The fourth-order valence-corrected chi connectivity index (χ4v) is 2.02. The van der Waals surface area contributed by atoms with Gasteiger partial charge in [-0.2, -0.15) is 0 Å². The minimum Gasteiger partial charge on any atom is -0.506 e. The van der Waals surface area contributed by atoms with Crippen LogP contribution in [0.25, 0.3) is 0 Å². The maximum Gasteiger partial charge on any atom is 0.140 e. The molecule has 2 rings (SSSR count). The molecule has 5 heteroatoms. The van der Waals surface area contributed by atoms with Crippen LogP contribution >= 0.6 is 15.9 Å². The summed E-state index contributed by atoms with van der Waals surface area (Å²) < 4.78 is 13.6. The largest absolute Gasteiger partial charge is 0.506 e. The maximum absolute atomic E-state index is 13.3. The Morgan fingerprint density at radius 1 is 1.33 bits per heavy atom. The second-order valence-corrected chi connectivity index (χ2v) is 4.35. The van der Waals surface area contributed by atoms with E-state index < -0.39 is 0 Å². The van der Waals surface area contributed by atoms with Gasteiger partial charge in [-0.3, -0.25) is 0 Å². The van der Waals surface area contributed by atoms with Gasteiger partial charge in [-0.1, -0.05) is 0 Å². The molecule has 0 atom stereocenters. The van der Waals surface area contributed by atoms with Gasteiger partial charge in [-0.25, -0.2) is 4.39 Å². The Morgan fingerprint density at radius 2 is 2.00 bits per heavy atom. The molecule has 82 valence electrons.